The van der Waals surface area contributed by atoms with Crippen molar-refractivity contribution in [3.05, 3.63) is 72.3 Å². The minimum absolute atomic E-state index is 0.00971. The summed E-state index contributed by atoms with van der Waals surface area (Å²) in [6.07, 6.45) is -1.67. The van der Waals surface area contributed by atoms with E-state index in [0.717, 1.165) is 32.4 Å². The molecule has 0 saturated carbocycles. The van der Waals surface area contributed by atoms with Gasteiger partial charge in [0, 0.05) is 13.0 Å². The number of carboxylic acid groups (broad SMARTS) is 1. The lowest BCUT2D eigenvalue weighted by atomic mass is 9.98. The van der Waals surface area contributed by atoms with Gasteiger partial charge in [0.15, 0.2) is 6.10 Å². The third-order valence-electron chi connectivity index (χ3n) is 5.75. The summed E-state index contributed by atoms with van der Waals surface area (Å²) in [7, 11) is 0. The normalized spacial score (nSPS) is 12.7. The molecule has 0 spiro atoms. The van der Waals surface area contributed by atoms with Gasteiger partial charge in [0.25, 0.3) is 5.91 Å². The first-order valence-electron chi connectivity index (χ1n) is 11.7. The van der Waals surface area contributed by atoms with Crippen LogP contribution < -0.4 is 10.8 Å². The van der Waals surface area contributed by atoms with Gasteiger partial charge in [-0.3, -0.25) is 10.0 Å². The zero-order valence-electron chi connectivity index (χ0n) is 20.2. The molecule has 0 aromatic heterocycles. The molecule has 1 unspecified atom stereocenters. The fourth-order valence-corrected chi connectivity index (χ4v) is 3.93. The summed E-state index contributed by atoms with van der Waals surface area (Å²) in [5.74, 6) is -2.28. The van der Waals surface area contributed by atoms with Crippen molar-refractivity contribution in [2.24, 2.45) is 5.92 Å². The van der Waals surface area contributed by atoms with Gasteiger partial charge in [-0.1, -0.05) is 74.5 Å². The van der Waals surface area contributed by atoms with E-state index in [2.05, 4.69) is 17.4 Å². The Morgan fingerprint density at radius 3 is 2.14 bits per heavy atom. The molecule has 0 aliphatic rings. The highest BCUT2D eigenvalue weighted by Crippen LogP contribution is 2.25. The molecule has 0 fully saturated rings. The number of urea groups is 1. The van der Waals surface area contributed by atoms with Crippen molar-refractivity contribution >= 4 is 28.7 Å². The molecule has 0 heterocycles. The number of carbonyl (C=O) groups is 3. The second-order valence-corrected chi connectivity index (χ2v) is 9.09. The topological polar surface area (TPSA) is 139 Å². The van der Waals surface area contributed by atoms with Crippen molar-refractivity contribution in [1.82, 2.24) is 15.7 Å². The fraction of sp³-hybridized carbons (Fsp3) is 0.296. The van der Waals surface area contributed by atoms with Gasteiger partial charge in [-0.05, 0) is 39.4 Å². The van der Waals surface area contributed by atoms with Crippen molar-refractivity contribution in [1.29, 1.82) is 0 Å². The van der Waals surface area contributed by atoms with Crippen LogP contribution in [0, 0.1) is 5.92 Å². The van der Waals surface area contributed by atoms with Crippen LogP contribution in [0.5, 0.6) is 0 Å². The molecule has 9 nitrogen and oxygen atoms in total. The Morgan fingerprint density at radius 1 is 0.889 bits per heavy atom. The van der Waals surface area contributed by atoms with Gasteiger partial charge >= 0.3 is 12.0 Å². The number of aliphatic hydroxyl groups excluding tert-OH is 1. The number of aliphatic hydroxyl groups is 1. The smallest absolute Gasteiger partial charge is 0.334 e. The van der Waals surface area contributed by atoms with E-state index in [0.29, 0.717) is 0 Å². The van der Waals surface area contributed by atoms with Crippen LogP contribution in [0.4, 0.5) is 4.79 Å². The molecule has 9 heteroatoms. The Morgan fingerprint density at radius 2 is 1.53 bits per heavy atom. The number of nitrogens with zero attached hydrogens (tertiary/aromatic N) is 1. The summed E-state index contributed by atoms with van der Waals surface area (Å²) >= 11 is 0. The van der Waals surface area contributed by atoms with Crippen LogP contribution in [0.1, 0.15) is 19.4 Å². The van der Waals surface area contributed by atoms with Gasteiger partial charge in [0.2, 0.25) is 0 Å². The third-order valence-corrected chi connectivity index (χ3v) is 5.75. The molecule has 3 aromatic carbocycles. The summed E-state index contributed by atoms with van der Waals surface area (Å²) in [5.41, 5.74) is 4.34. The van der Waals surface area contributed by atoms with Gasteiger partial charge in [0.05, 0.1) is 6.54 Å². The van der Waals surface area contributed by atoms with E-state index in [1.807, 2.05) is 68.4 Å². The van der Waals surface area contributed by atoms with E-state index in [4.69, 9.17) is 5.11 Å². The summed E-state index contributed by atoms with van der Waals surface area (Å²) in [4.78, 5) is 37.3. The number of carbonyl (C=O) groups excluding carboxylic acids is 2. The number of hydrogen-bond donors (Lipinski definition) is 5. The highest BCUT2D eigenvalue weighted by Gasteiger charge is 2.27. The minimum atomic E-state index is -1.76. The zero-order chi connectivity index (χ0) is 26.2. The molecule has 3 amide bonds. The highest BCUT2D eigenvalue weighted by atomic mass is 16.5. The maximum absolute atomic E-state index is 12.9. The monoisotopic (exact) mass is 493 g/mol. The number of carboxylic acids is 1. The number of benzene rings is 3. The number of rotatable bonds is 10. The van der Waals surface area contributed by atoms with Gasteiger partial charge in [-0.2, -0.15) is 0 Å². The predicted molar refractivity (Wildman–Crippen MR) is 135 cm³/mol. The molecule has 0 aliphatic carbocycles. The molecule has 0 bridgehead atoms. The number of hydroxylamine groups is 1. The SMILES string of the molecule is CC(C)CN(CC(O)C(=O)O)C(=O)N[C@@H](Cc1ccc(-c2ccc3ccccc3c2)cc1)C(=O)NO. The van der Waals surface area contributed by atoms with Gasteiger partial charge < -0.3 is 20.4 Å². The van der Waals surface area contributed by atoms with Crippen molar-refractivity contribution in [2.45, 2.75) is 32.4 Å². The van der Waals surface area contributed by atoms with E-state index in [9.17, 15) is 24.7 Å². The van der Waals surface area contributed by atoms with Crippen molar-refractivity contribution in [3.8, 4) is 11.1 Å². The largest absolute Gasteiger partial charge is 0.479 e. The summed E-state index contributed by atoms with van der Waals surface area (Å²) in [5, 5.41) is 32.7. The summed E-state index contributed by atoms with van der Waals surface area (Å²) < 4.78 is 0. The fourth-order valence-electron chi connectivity index (χ4n) is 3.93. The molecule has 0 saturated heterocycles. The van der Waals surface area contributed by atoms with Crippen LogP contribution in [0.3, 0.4) is 0 Å². The predicted octanol–water partition coefficient (Wildman–Crippen LogP) is 3.04. The lowest BCUT2D eigenvalue weighted by molar-refractivity contribution is -0.147. The van der Waals surface area contributed by atoms with Crippen LogP contribution in [0.2, 0.25) is 0 Å². The maximum atomic E-state index is 12.9. The Kier molecular flexibility index (Phi) is 8.99. The Bertz CT molecular complexity index is 1210. The average molecular weight is 494 g/mol. The van der Waals surface area contributed by atoms with E-state index in [1.54, 1.807) is 5.48 Å². The second kappa shape index (κ2) is 12.1. The Labute approximate surface area is 209 Å². The number of fused-ring (bicyclic) bond motifs is 1. The molecule has 0 aliphatic heterocycles. The molecule has 0 radical (unpaired) electrons. The van der Waals surface area contributed by atoms with E-state index >= 15 is 0 Å². The molecule has 190 valence electrons. The second-order valence-electron chi connectivity index (χ2n) is 9.09. The van der Waals surface area contributed by atoms with Crippen molar-refractivity contribution in [2.75, 3.05) is 13.1 Å². The number of aliphatic carboxylic acids is 1. The summed E-state index contributed by atoms with van der Waals surface area (Å²) in [6.45, 7) is 3.40. The van der Waals surface area contributed by atoms with Gasteiger partial charge in [0.1, 0.15) is 6.04 Å². The van der Waals surface area contributed by atoms with E-state index < -0.39 is 36.6 Å². The molecule has 36 heavy (non-hydrogen) atoms. The van der Waals surface area contributed by atoms with Crippen molar-refractivity contribution in [3.63, 3.8) is 0 Å². The molecule has 2 atom stereocenters. The minimum Gasteiger partial charge on any atom is -0.479 e. The molecule has 3 rings (SSSR count). The van der Waals surface area contributed by atoms with Crippen LogP contribution in [0.25, 0.3) is 21.9 Å². The third kappa shape index (κ3) is 7.03. The summed E-state index contributed by atoms with van der Waals surface area (Å²) in [6, 6.07) is 20.0. The first-order valence-corrected chi connectivity index (χ1v) is 11.7. The van der Waals surface area contributed by atoms with Crippen LogP contribution in [-0.4, -0.2) is 63.5 Å². The van der Waals surface area contributed by atoms with Crippen LogP contribution in [0.15, 0.2) is 66.7 Å². The van der Waals surface area contributed by atoms with E-state index in [1.165, 1.54) is 0 Å². The van der Waals surface area contributed by atoms with Crippen molar-refractivity contribution < 1.29 is 29.8 Å². The standard InChI is InChI=1S/C27H31N3O6/c1-17(2)15-30(16-24(31)26(33)34)27(35)28-23(25(32)29-36)13-18-7-9-20(10-8-18)22-12-11-19-5-3-4-6-21(19)14-22/h3-12,14,17,23-24,31,36H,13,15-16H2,1-2H3,(H,28,35)(H,29,32)(H,33,34)/t23-,24?/m0/s1. The molecule has 5 N–H and O–H groups in total. The van der Waals surface area contributed by atoms with Gasteiger partial charge in [-0.15, -0.1) is 0 Å². The lowest BCUT2D eigenvalue weighted by Crippen LogP contribution is -2.54. The Balaban J connectivity index is 1.74. The lowest BCUT2D eigenvalue weighted by Gasteiger charge is -2.28. The molecule has 3 aromatic rings. The van der Waals surface area contributed by atoms with Crippen LogP contribution in [-0.2, 0) is 16.0 Å². The number of amides is 3. The average Bonchev–Trinajstić information content (AvgIpc) is 2.87. The molecular weight excluding hydrogens is 462 g/mol. The molecular formula is C27H31N3O6. The quantitative estimate of drug-likeness (QED) is 0.217. The highest BCUT2D eigenvalue weighted by molar-refractivity contribution is 5.88. The number of nitrogens with one attached hydrogen (secondary N) is 2. The zero-order valence-corrected chi connectivity index (χ0v) is 20.2. The first-order chi connectivity index (χ1) is 17.2. The van der Waals surface area contributed by atoms with Gasteiger partial charge in [-0.25, -0.2) is 15.1 Å². The maximum Gasteiger partial charge on any atom is 0.334 e. The van der Waals surface area contributed by atoms with Crippen LogP contribution >= 0.6 is 0 Å². The van der Waals surface area contributed by atoms with E-state index in [-0.39, 0.29) is 18.9 Å². The number of hydrogen-bond acceptors (Lipinski definition) is 5. The first kappa shape index (κ1) is 26.7. The Hall–Kier alpha value is -3.95.